The van der Waals surface area contributed by atoms with E-state index < -0.39 is 0 Å². The molecule has 5 nitrogen and oxygen atoms in total. The number of likely N-dealkylation sites (N-methyl/N-ethyl adjacent to an activating group) is 1. The Morgan fingerprint density at radius 1 is 1.08 bits per heavy atom. The van der Waals surface area contributed by atoms with Crippen molar-refractivity contribution >= 4 is 22.7 Å². The molecule has 3 aromatic rings. The van der Waals surface area contributed by atoms with E-state index in [2.05, 4.69) is 4.98 Å². The summed E-state index contributed by atoms with van der Waals surface area (Å²) >= 11 is 0. The molecule has 1 fully saturated rings. The van der Waals surface area contributed by atoms with E-state index in [1.54, 1.807) is 11.1 Å². The molecule has 5 heteroatoms. The monoisotopic (exact) mass is 347 g/mol. The number of rotatable bonds is 3. The van der Waals surface area contributed by atoms with Crippen LogP contribution in [0.25, 0.3) is 10.9 Å². The van der Waals surface area contributed by atoms with Gasteiger partial charge in [-0.15, -0.1) is 0 Å². The van der Waals surface area contributed by atoms with Gasteiger partial charge in [-0.05, 0) is 24.6 Å². The Morgan fingerprint density at radius 3 is 2.62 bits per heavy atom. The molecule has 2 aromatic carbocycles. The average molecular weight is 347 g/mol. The van der Waals surface area contributed by atoms with Crippen molar-refractivity contribution in [3.8, 4) is 0 Å². The molecule has 1 unspecified atom stereocenters. The number of likely N-dealkylation sites (tertiary alicyclic amines) is 1. The van der Waals surface area contributed by atoms with Gasteiger partial charge in [0.25, 0.3) is 11.8 Å². The third-order valence-electron chi connectivity index (χ3n) is 5.16. The maximum absolute atomic E-state index is 13.0. The van der Waals surface area contributed by atoms with Crippen LogP contribution in [0, 0.1) is 0 Å². The van der Waals surface area contributed by atoms with Crippen LogP contribution in [0.2, 0.25) is 0 Å². The van der Waals surface area contributed by atoms with Crippen LogP contribution in [-0.4, -0.2) is 52.8 Å². The van der Waals surface area contributed by atoms with Gasteiger partial charge in [0.2, 0.25) is 0 Å². The van der Waals surface area contributed by atoms with Crippen LogP contribution in [0.4, 0.5) is 0 Å². The molecular weight excluding hydrogens is 326 g/mol. The van der Waals surface area contributed by atoms with Crippen molar-refractivity contribution in [1.29, 1.82) is 0 Å². The molecule has 1 aliphatic rings. The first-order valence-corrected chi connectivity index (χ1v) is 8.83. The number of carbonyl (C=O) groups excluding carboxylic acids is 2. The number of fused-ring (bicyclic) bond motifs is 1. The Balaban J connectivity index is 1.48. The van der Waals surface area contributed by atoms with E-state index in [1.165, 1.54) is 0 Å². The quantitative estimate of drug-likeness (QED) is 0.791. The standard InChI is InChI=1S/C21H21N3O2/c1-23(21(26)18-13-22-19-10-6-5-9-17(18)19)16-11-12-24(14-16)20(25)15-7-3-2-4-8-15/h2-10,13,16,22H,11-12,14H2,1H3. The molecule has 0 spiro atoms. The molecule has 1 saturated heterocycles. The highest BCUT2D eigenvalue weighted by molar-refractivity contribution is 6.06. The third-order valence-corrected chi connectivity index (χ3v) is 5.16. The van der Waals surface area contributed by atoms with Crippen molar-refractivity contribution < 1.29 is 9.59 Å². The molecule has 132 valence electrons. The van der Waals surface area contributed by atoms with Gasteiger partial charge >= 0.3 is 0 Å². The molecule has 4 rings (SSSR count). The number of aromatic nitrogens is 1. The highest BCUT2D eigenvalue weighted by Gasteiger charge is 2.32. The Morgan fingerprint density at radius 2 is 1.81 bits per heavy atom. The molecular formula is C21H21N3O2. The van der Waals surface area contributed by atoms with Crippen LogP contribution in [0.1, 0.15) is 27.1 Å². The number of H-pyrrole nitrogens is 1. The molecule has 0 bridgehead atoms. The zero-order chi connectivity index (χ0) is 18.1. The second-order valence-electron chi connectivity index (χ2n) is 6.72. The van der Waals surface area contributed by atoms with Gasteiger partial charge in [0.05, 0.1) is 11.6 Å². The Bertz CT molecular complexity index is 948. The Kier molecular flexibility index (Phi) is 4.21. The lowest BCUT2D eigenvalue weighted by molar-refractivity contribution is 0.0702. The van der Waals surface area contributed by atoms with Gasteiger partial charge in [-0.3, -0.25) is 9.59 Å². The van der Waals surface area contributed by atoms with E-state index in [1.807, 2.05) is 66.5 Å². The highest BCUT2D eigenvalue weighted by Crippen LogP contribution is 2.23. The van der Waals surface area contributed by atoms with E-state index in [-0.39, 0.29) is 17.9 Å². The first-order valence-electron chi connectivity index (χ1n) is 8.83. The van der Waals surface area contributed by atoms with E-state index >= 15 is 0 Å². The summed E-state index contributed by atoms with van der Waals surface area (Å²) in [4.78, 5) is 32.3. The van der Waals surface area contributed by atoms with Gasteiger partial charge in [-0.1, -0.05) is 36.4 Å². The van der Waals surface area contributed by atoms with Crippen LogP contribution in [0.5, 0.6) is 0 Å². The van der Waals surface area contributed by atoms with Crippen LogP contribution >= 0.6 is 0 Å². The Labute approximate surface area is 152 Å². The van der Waals surface area contributed by atoms with Crippen molar-refractivity contribution in [1.82, 2.24) is 14.8 Å². The molecule has 1 atom stereocenters. The lowest BCUT2D eigenvalue weighted by atomic mass is 10.1. The van der Waals surface area contributed by atoms with Crippen molar-refractivity contribution in [2.24, 2.45) is 0 Å². The van der Waals surface area contributed by atoms with E-state index in [4.69, 9.17) is 0 Å². The fraction of sp³-hybridized carbons (Fsp3) is 0.238. The summed E-state index contributed by atoms with van der Waals surface area (Å²) in [5.41, 5.74) is 2.33. The zero-order valence-electron chi connectivity index (χ0n) is 14.7. The minimum atomic E-state index is -0.0125. The van der Waals surface area contributed by atoms with Crippen molar-refractivity contribution in [2.45, 2.75) is 12.5 Å². The third kappa shape index (κ3) is 2.86. The molecule has 0 saturated carbocycles. The van der Waals surface area contributed by atoms with Crippen LogP contribution < -0.4 is 0 Å². The SMILES string of the molecule is CN(C(=O)c1c[nH]c2ccccc12)C1CCN(C(=O)c2ccccc2)C1. The van der Waals surface area contributed by atoms with Gasteiger partial charge in [-0.2, -0.15) is 0 Å². The lowest BCUT2D eigenvalue weighted by Gasteiger charge is -2.25. The normalized spacial score (nSPS) is 16.8. The highest BCUT2D eigenvalue weighted by atomic mass is 16.2. The number of para-hydroxylation sites is 1. The van der Waals surface area contributed by atoms with Crippen molar-refractivity contribution in [3.63, 3.8) is 0 Å². The lowest BCUT2D eigenvalue weighted by Crippen LogP contribution is -2.40. The fourth-order valence-corrected chi connectivity index (χ4v) is 3.61. The number of hydrogen-bond acceptors (Lipinski definition) is 2. The van der Waals surface area contributed by atoms with Crippen LogP contribution in [-0.2, 0) is 0 Å². The number of benzene rings is 2. The van der Waals surface area contributed by atoms with Gasteiger partial charge in [-0.25, -0.2) is 0 Å². The predicted molar refractivity (Wildman–Crippen MR) is 101 cm³/mol. The summed E-state index contributed by atoms with van der Waals surface area (Å²) in [7, 11) is 1.82. The maximum atomic E-state index is 13.0. The van der Waals surface area contributed by atoms with E-state index in [0.717, 1.165) is 17.3 Å². The van der Waals surface area contributed by atoms with Crippen molar-refractivity contribution in [3.05, 3.63) is 71.9 Å². The van der Waals surface area contributed by atoms with E-state index in [0.29, 0.717) is 24.2 Å². The predicted octanol–water partition coefficient (Wildman–Crippen LogP) is 3.15. The summed E-state index contributed by atoms with van der Waals surface area (Å²) < 4.78 is 0. The second-order valence-corrected chi connectivity index (χ2v) is 6.72. The fourth-order valence-electron chi connectivity index (χ4n) is 3.61. The zero-order valence-corrected chi connectivity index (χ0v) is 14.7. The smallest absolute Gasteiger partial charge is 0.256 e. The number of amides is 2. The van der Waals surface area contributed by atoms with Crippen LogP contribution in [0.15, 0.2) is 60.8 Å². The number of hydrogen-bond donors (Lipinski definition) is 1. The maximum Gasteiger partial charge on any atom is 0.256 e. The van der Waals surface area contributed by atoms with E-state index in [9.17, 15) is 9.59 Å². The van der Waals surface area contributed by atoms with Crippen molar-refractivity contribution in [2.75, 3.05) is 20.1 Å². The van der Waals surface area contributed by atoms with Crippen LogP contribution in [0.3, 0.4) is 0 Å². The minimum absolute atomic E-state index is 0.0125. The van der Waals surface area contributed by atoms with Gasteiger partial charge < -0.3 is 14.8 Å². The summed E-state index contributed by atoms with van der Waals surface area (Å²) in [5.74, 6) is 0.0162. The average Bonchev–Trinajstić information content (AvgIpc) is 3.34. The number of carbonyl (C=O) groups is 2. The second kappa shape index (κ2) is 6.67. The summed E-state index contributed by atoms with van der Waals surface area (Å²) in [5, 5.41) is 0.930. The van der Waals surface area contributed by atoms with Gasteiger partial charge in [0.1, 0.15) is 0 Å². The van der Waals surface area contributed by atoms with Gasteiger partial charge in [0, 0.05) is 42.8 Å². The summed E-state index contributed by atoms with van der Waals surface area (Å²) in [6, 6.07) is 17.1. The number of nitrogens with one attached hydrogen (secondary N) is 1. The molecule has 0 radical (unpaired) electrons. The largest absolute Gasteiger partial charge is 0.360 e. The number of nitrogens with zero attached hydrogens (tertiary/aromatic N) is 2. The summed E-state index contributed by atoms with van der Waals surface area (Å²) in [6.07, 6.45) is 2.56. The molecule has 1 aliphatic heterocycles. The molecule has 1 aromatic heterocycles. The molecule has 26 heavy (non-hydrogen) atoms. The molecule has 2 heterocycles. The molecule has 1 N–H and O–H groups in total. The Hall–Kier alpha value is -3.08. The minimum Gasteiger partial charge on any atom is -0.360 e. The topological polar surface area (TPSA) is 56.4 Å². The molecule has 2 amide bonds. The first-order chi connectivity index (χ1) is 12.6. The number of aromatic amines is 1. The molecule has 0 aliphatic carbocycles. The first kappa shape index (κ1) is 16.4. The van der Waals surface area contributed by atoms with Gasteiger partial charge in [0.15, 0.2) is 0 Å². The summed E-state index contributed by atoms with van der Waals surface area (Å²) in [6.45, 7) is 1.24.